The number of amides is 1. The first kappa shape index (κ1) is 16.4. The standard InChI is InChI=1S/C21H19NO4/c23-19(24)21(11-5-6-12-21)22-20(25)26-13-18-16-9-3-1-7-14(16)15-8-2-4-10-17(15)18/h1-10,18H,11-13H2,(H,22,25)(H,23,24). The highest BCUT2D eigenvalue weighted by molar-refractivity contribution is 5.85. The van der Waals surface area contributed by atoms with Crippen molar-refractivity contribution < 1.29 is 19.4 Å². The molecule has 0 saturated carbocycles. The van der Waals surface area contributed by atoms with Crippen LogP contribution in [0.2, 0.25) is 0 Å². The topological polar surface area (TPSA) is 75.6 Å². The molecule has 0 fully saturated rings. The molecule has 0 saturated heterocycles. The van der Waals surface area contributed by atoms with Crippen LogP contribution in [0.1, 0.15) is 29.9 Å². The molecule has 0 radical (unpaired) electrons. The summed E-state index contributed by atoms with van der Waals surface area (Å²) in [6.45, 7) is 0.170. The molecule has 0 aromatic heterocycles. The van der Waals surface area contributed by atoms with Crippen LogP contribution in [0.3, 0.4) is 0 Å². The Morgan fingerprint density at radius 3 is 2.08 bits per heavy atom. The van der Waals surface area contributed by atoms with Crippen molar-refractivity contribution >= 4 is 12.1 Å². The lowest BCUT2D eigenvalue weighted by Crippen LogP contribution is -2.53. The third-order valence-electron chi connectivity index (χ3n) is 5.19. The number of carboxylic acid groups (broad SMARTS) is 1. The van der Waals surface area contributed by atoms with E-state index in [9.17, 15) is 14.7 Å². The van der Waals surface area contributed by atoms with E-state index in [-0.39, 0.29) is 25.4 Å². The molecule has 1 amide bonds. The smallest absolute Gasteiger partial charge is 0.408 e. The van der Waals surface area contributed by atoms with Crippen molar-refractivity contribution in [2.45, 2.75) is 24.3 Å². The van der Waals surface area contributed by atoms with Crippen LogP contribution < -0.4 is 5.32 Å². The van der Waals surface area contributed by atoms with Crippen LogP contribution in [0.4, 0.5) is 4.79 Å². The maximum atomic E-state index is 12.3. The number of hydrogen-bond acceptors (Lipinski definition) is 3. The molecule has 5 heteroatoms. The van der Waals surface area contributed by atoms with E-state index in [0.29, 0.717) is 0 Å². The second kappa shape index (κ2) is 6.33. The van der Waals surface area contributed by atoms with E-state index in [1.54, 1.807) is 12.2 Å². The van der Waals surface area contributed by atoms with Crippen LogP contribution in [0.25, 0.3) is 11.1 Å². The molecule has 0 spiro atoms. The SMILES string of the molecule is O=C(NC1(C(=O)O)CC=CC1)OCC1c2ccccc2-c2ccccc21. The fourth-order valence-electron chi connectivity index (χ4n) is 3.81. The Bertz CT molecular complexity index is 849. The predicted molar refractivity (Wildman–Crippen MR) is 96.9 cm³/mol. The van der Waals surface area contributed by atoms with Gasteiger partial charge in [-0.15, -0.1) is 0 Å². The second-order valence-corrected chi connectivity index (χ2v) is 6.72. The van der Waals surface area contributed by atoms with Gasteiger partial charge in [0, 0.05) is 5.92 Å². The summed E-state index contributed by atoms with van der Waals surface area (Å²) in [5.41, 5.74) is 3.26. The molecule has 0 heterocycles. The van der Waals surface area contributed by atoms with Crippen molar-refractivity contribution in [1.82, 2.24) is 5.32 Å². The van der Waals surface area contributed by atoms with Crippen LogP contribution in [-0.4, -0.2) is 29.3 Å². The van der Waals surface area contributed by atoms with Crippen LogP contribution in [0.15, 0.2) is 60.7 Å². The molecule has 0 aliphatic heterocycles. The molecule has 2 aliphatic carbocycles. The zero-order valence-electron chi connectivity index (χ0n) is 14.1. The minimum atomic E-state index is -1.29. The molecule has 2 aromatic carbocycles. The van der Waals surface area contributed by atoms with Gasteiger partial charge in [0.15, 0.2) is 0 Å². The van der Waals surface area contributed by atoms with Gasteiger partial charge in [-0.3, -0.25) is 0 Å². The largest absolute Gasteiger partial charge is 0.479 e. The van der Waals surface area contributed by atoms with Gasteiger partial charge < -0.3 is 15.2 Å². The molecule has 26 heavy (non-hydrogen) atoms. The molecule has 4 rings (SSSR count). The molecule has 2 aliphatic rings. The molecule has 132 valence electrons. The van der Waals surface area contributed by atoms with Gasteiger partial charge in [-0.2, -0.15) is 0 Å². The van der Waals surface area contributed by atoms with E-state index >= 15 is 0 Å². The highest BCUT2D eigenvalue weighted by Gasteiger charge is 2.41. The first-order valence-electron chi connectivity index (χ1n) is 8.62. The van der Waals surface area contributed by atoms with Gasteiger partial charge in [-0.05, 0) is 35.1 Å². The number of carbonyl (C=O) groups is 2. The summed E-state index contributed by atoms with van der Waals surface area (Å²) < 4.78 is 5.44. The minimum Gasteiger partial charge on any atom is -0.479 e. The van der Waals surface area contributed by atoms with E-state index in [1.807, 2.05) is 36.4 Å². The maximum absolute atomic E-state index is 12.3. The maximum Gasteiger partial charge on any atom is 0.408 e. The lowest BCUT2D eigenvalue weighted by Gasteiger charge is -2.25. The highest BCUT2D eigenvalue weighted by Crippen LogP contribution is 2.44. The molecular formula is C21H19NO4. The molecule has 0 bridgehead atoms. The van der Waals surface area contributed by atoms with Gasteiger partial charge in [0.2, 0.25) is 0 Å². The number of hydrogen-bond donors (Lipinski definition) is 2. The van der Waals surface area contributed by atoms with E-state index in [2.05, 4.69) is 17.4 Å². The van der Waals surface area contributed by atoms with Crippen LogP contribution in [0.5, 0.6) is 0 Å². The lowest BCUT2D eigenvalue weighted by molar-refractivity contribution is -0.144. The number of carbonyl (C=O) groups excluding carboxylic acids is 1. The number of aliphatic carboxylic acids is 1. The van der Waals surface area contributed by atoms with Gasteiger partial charge in [0.05, 0.1) is 0 Å². The summed E-state index contributed by atoms with van der Waals surface area (Å²) in [6.07, 6.45) is 3.37. The third-order valence-corrected chi connectivity index (χ3v) is 5.19. The molecule has 0 unspecified atom stereocenters. The summed E-state index contributed by atoms with van der Waals surface area (Å²) in [7, 11) is 0. The van der Waals surface area contributed by atoms with E-state index in [0.717, 1.165) is 22.3 Å². The van der Waals surface area contributed by atoms with Gasteiger partial charge in [-0.1, -0.05) is 60.7 Å². The quantitative estimate of drug-likeness (QED) is 0.825. The highest BCUT2D eigenvalue weighted by atomic mass is 16.5. The molecule has 5 nitrogen and oxygen atoms in total. The number of rotatable bonds is 4. The number of benzene rings is 2. The van der Waals surface area contributed by atoms with Gasteiger partial charge in [0.1, 0.15) is 12.1 Å². The third kappa shape index (κ3) is 2.65. The summed E-state index contributed by atoms with van der Waals surface area (Å²) in [5, 5.41) is 12.0. The van der Waals surface area contributed by atoms with Gasteiger partial charge in [0.25, 0.3) is 0 Å². The summed E-state index contributed by atoms with van der Waals surface area (Å²) in [4.78, 5) is 23.8. The van der Waals surface area contributed by atoms with E-state index < -0.39 is 17.6 Å². The summed E-state index contributed by atoms with van der Waals surface area (Å²) in [6, 6.07) is 16.2. The number of ether oxygens (including phenoxy) is 1. The first-order valence-corrected chi connectivity index (χ1v) is 8.62. The Kier molecular flexibility index (Phi) is 3.99. The molecule has 0 atom stereocenters. The Hall–Kier alpha value is -3.08. The van der Waals surface area contributed by atoms with Crippen molar-refractivity contribution in [3.05, 3.63) is 71.8 Å². The Balaban J connectivity index is 1.50. The number of carboxylic acids is 1. The van der Waals surface area contributed by atoms with Crippen molar-refractivity contribution in [2.24, 2.45) is 0 Å². The second-order valence-electron chi connectivity index (χ2n) is 6.72. The number of fused-ring (bicyclic) bond motifs is 3. The molecule has 2 N–H and O–H groups in total. The average Bonchev–Trinajstić information content (AvgIpc) is 3.24. The number of alkyl carbamates (subject to hydrolysis) is 1. The van der Waals surface area contributed by atoms with Crippen LogP contribution >= 0.6 is 0 Å². The van der Waals surface area contributed by atoms with Crippen molar-refractivity contribution in [2.75, 3.05) is 6.61 Å². The monoisotopic (exact) mass is 349 g/mol. The minimum absolute atomic E-state index is 0.0457. The zero-order chi connectivity index (χ0) is 18.1. The Morgan fingerprint density at radius 1 is 1.00 bits per heavy atom. The van der Waals surface area contributed by atoms with Gasteiger partial charge >= 0.3 is 12.1 Å². The average molecular weight is 349 g/mol. The van der Waals surface area contributed by atoms with Crippen molar-refractivity contribution in [3.63, 3.8) is 0 Å². The summed E-state index contributed by atoms with van der Waals surface area (Å²) >= 11 is 0. The number of nitrogens with one attached hydrogen (secondary N) is 1. The van der Waals surface area contributed by atoms with E-state index in [1.165, 1.54) is 0 Å². The molecule has 2 aromatic rings. The zero-order valence-corrected chi connectivity index (χ0v) is 14.1. The lowest BCUT2D eigenvalue weighted by atomic mass is 9.97. The normalized spacial score (nSPS) is 16.8. The molecular weight excluding hydrogens is 330 g/mol. The first-order chi connectivity index (χ1) is 12.6. The van der Waals surface area contributed by atoms with Crippen molar-refractivity contribution in [3.8, 4) is 11.1 Å². The fraction of sp³-hybridized carbons (Fsp3) is 0.238. The Morgan fingerprint density at radius 2 is 1.54 bits per heavy atom. The Labute approximate surface area is 151 Å². The van der Waals surface area contributed by atoms with Gasteiger partial charge in [-0.25, -0.2) is 9.59 Å². The van der Waals surface area contributed by atoms with Crippen LogP contribution in [-0.2, 0) is 9.53 Å². The predicted octanol–water partition coefficient (Wildman–Crippen LogP) is 3.70. The van der Waals surface area contributed by atoms with Crippen LogP contribution in [0, 0.1) is 0 Å². The van der Waals surface area contributed by atoms with E-state index in [4.69, 9.17) is 4.74 Å². The van der Waals surface area contributed by atoms with Crippen molar-refractivity contribution in [1.29, 1.82) is 0 Å². The summed E-state index contributed by atoms with van der Waals surface area (Å²) in [5.74, 6) is -1.09. The fourth-order valence-corrected chi connectivity index (χ4v) is 3.81.